The van der Waals surface area contributed by atoms with Gasteiger partial charge in [-0.2, -0.15) is 0 Å². The predicted octanol–water partition coefficient (Wildman–Crippen LogP) is 2.60. The number of aliphatic hydroxyl groups excluding tert-OH is 1. The first kappa shape index (κ1) is 14.8. The molecule has 2 nitrogen and oxygen atoms in total. The molecular weight excluding hydrogens is 230 g/mol. The topological polar surface area (TPSA) is 46.2 Å². The molecule has 0 unspecified atom stereocenters. The van der Waals surface area contributed by atoms with Crippen molar-refractivity contribution in [2.75, 3.05) is 12.4 Å². The number of hydrogen-bond donors (Lipinski definition) is 2. The monoisotopic (exact) mass is 247 g/mol. The third-order valence-corrected chi connectivity index (χ3v) is 2.95. The molecule has 0 saturated heterocycles. The predicted molar refractivity (Wildman–Crippen MR) is 68.7 cm³/mol. The Bertz CT molecular complexity index is 266. The van der Waals surface area contributed by atoms with Crippen LogP contribution in [0.15, 0.2) is 29.2 Å². The fourth-order valence-corrected chi connectivity index (χ4v) is 1.95. The highest BCUT2D eigenvalue weighted by molar-refractivity contribution is 7.99. The third-order valence-electron chi connectivity index (χ3n) is 2.06. The van der Waals surface area contributed by atoms with Crippen molar-refractivity contribution >= 4 is 24.2 Å². The Morgan fingerprint density at radius 2 is 1.93 bits per heavy atom. The largest absolute Gasteiger partial charge is 0.396 e. The molecular formula is C11H18ClNOS. The summed E-state index contributed by atoms with van der Waals surface area (Å²) in [4.78, 5) is 1.27. The molecule has 86 valence electrons. The summed E-state index contributed by atoms with van der Waals surface area (Å²) in [5.74, 6) is 1.09. The zero-order valence-corrected chi connectivity index (χ0v) is 10.5. The summed E-state index contributed by atoms with van der Waals surface area (Å²) in [6.45, 7) is 2.28. The van der Waals surface area contributed by atoms with Crippen LogP contribution >= 0.6 is 24.2 Å². The lowest BCUT2D eigenvalue weighted by Gasteiger charge is -2.10. The van der Waals surface area contributed by atoms with E-state index in [1.165, 1.54) is 4.90 Å². The van der Waals surface area contributed by atoms with Crippen molar-refractivity contribution in [2.45, 2.75) is 24.3 Å². The van der Waals surface area contributed by atoms with Crippen molar-refractivity contribution in [3.05, 3.63) is 29.8 Å². The van der Waals surface area contributed by atoms with Crippen LogP contribution < -0.4 is 5.73 Å². The first-order valence-corrected chi connectivity index (χ1v) is 5.85. The van der Waals surface area contributed by atoms with Gasteiger partial charge in [-0.15, -0.1) is 24.2 Å². The van der Waals surface area contributed by atoms with Gasteiger partial charge in [0.15, 0.2) is 0 Å². The second kappa shape index (κ2) is 7.99. The van der Waals surface area contributed by atoms with E-state index in [9.17, 15) is 0 Å². The van der Waals surface area contributed by atoms with E-state index in [4.69, 9.17) is 10.8 Å². The molecule has 1 aromatic carbocycles. The summed E-state index contributed by atoms with van der Waals surface area (Å²) in [6, 6.07) is 8.21. The number of rotatable bonds is 5. The van der Waals surface area contributed by atoms with Crippen LogP contribution in [0.4, 0.5) is 0 Å². The minimum absolute atomic E-state index is 0. The Hall–Kier alpha value is -0.220. The molecule has 3 N–H and O–H groups in total. The summed E-state index contributed by atoms with van der Waals surface area (Å²) in [5.41, 5.74) is 6.96. The average molecular weight is 248 g/mol. The lowest BCUT2D eigenvalue weighted by Crippen LogP contribution is -2.11. The van der Waals surface area contributed by atoms with E-state index in [1.807, 2.05) is 23.9 Å². The van der Waals surface area contributed by atoms with Crippen molar-refractivity contribution in [3.63, 3.8) is 0 Å². The van der Waals surface area contributed by atoms with Crippen LogP contribution in [0, 0.1) is 0 Å². The first-order valence-electron chi connectivity index (χ1n) is 4.87. The van der Waals surface area contributed by atoms with Crippen molar-refractivity contribution < 1.29 is 5.11 Å². The molecule has 4 heteroatoms. The van der Waals surface area contributed by atoms with Gasteiger partial charge in [0.25, 0.3) is 0 Å². The maximum atomic E-state index is 8.75. The first-order chi connectivity index (χ1) is 6.77. The summed E-state index contributed by atoms with van der Waals surface area (Å²) in [5, 5.41) is 8.75. The lowest BCUT2D eigenvalue weighted by molar-refractivity contribution is 0.276. The Morgan fingerprint density at radius 1 is 1.33 bits per heavy atom. The van der Waals surface area contributed by atoms with Gasteiger partial charge < -0.3 is 10.8 Å². The van der Waals surface area contributed by atoms with Crippen LogP contribution in [-0.2, 0) is 0 Å². The van der Waals surface area contributed by atoms with Gasteiger partial charge >= 0.3 is 0 Å². The van der Waals surface area contributed by atoms with E-state index in [1.54, 1.807) is 0 Å². The van der Waals surface area contributed by atoms with Gasteiger partial charge in [0.05, 0.1) is 0 Å². The van der Waals surface area contributed by atoms with Crippen LogP contribution in [-0.4, -0.2) is 17.5 Å². The van der Waals surface area contributed by atoms with E-state index in [-0.39, 0.29) is 25.1 Å². The van der Waals surface area contributed by atoms with Gasteiger partial charge in [0.1, 0.15) is 0 Å². The molecule has 0 heterocycles. The number of aliphatic hydroxyl groups is 1. The molecule has 0 aliphatic heterocycles. The van der Waals surface area contributed by atoms with Gasteiger partial charge in [-0.3, -0.25) is 0 Å². The van der Waals surface area contributed by atoms with Gasteiger partial charge in [-0.05, 0) is 29.9 Å². The van der Waals surface area contributed by atoms with Crippen LogP contribution in [0.25, 0.3) is 0 Å². The minimum atomic E-state index is -0.0410. The van der Waals surface area contributed by atoms with E-state index < -0.39 is 0 Å². The van der Waals surface area contributed by atoms with Crippen molar-refractivity contribution in [2.24, 2.45) is 5.73 Å². The minimum Gasteiger partial charge on any atom is -0.396 e. The molecule has 0 saturated carbocycles. The smallest absolute Gasteiger partial charge is 0.0449 e. The average Bonchev–Trinajstić information content (AvgIpc) is 2.20. The van der Waals surface area contributed by atoms with Gasteiger partial charge in [0.2, 0.25) is 0 Å². The van der Waals surface area contributed by atoms with Crippen molar-refractivity contribution in [1.29, 1.82) is 0 Å². The van der Waals surface area contributed by atoms with Crippen LogP contribution in [0.5, 0.6) is 0 Å². The molecule has 0 spiro atoms. The molecule has 0 fully saturated rings. The molecule has 0 aromatic heterocycles. The molecule has 0 bridgehead atoms. The van der Waals surface area contributed by atoms with Crippen molar-refractivity contribution in [1.82, 2.24) is 0 Å². The SMILES string of the molecule is CCSc1ccc([C@@H](N)CCO)cc1.Cl. The molecule has 0 aliphatic carbocycles. The lowest BCUT2D eigenvalue weighted by atomic mass is 10.1. The van der Waals surface area contributed by atoms with Crippen molar-refractivity contribution in [3.8, 4) is 0 Å². The summed E-state index contributed by atoms with van der Waals surface area (Å²) < 4.78 is 0. The maximum Gasteiger partial charge on any atom is 0.0449 e. The van der Waals surface area contributed by atoms with Crippen LogP contribution in [0.3, 0.4) is 0 Å². The van der Waals surface area contributed by atoms with E-state index in [0.717, 1.165) is 11.3 Å². The second-order valence-electron chi connectivity index (χ2n) is 3.12. The van der Waals surface area contributed by atoms with E-state index in [0.29, 0.717) is 6.42 Å². The number of halogens is 1. The molecule has 0 radical (unpaired) electrons. The highest BCUT2D eigenvalue weighted by atomic mass is 35.5. The second-order valence-corrected chi connectivity index (χ2v) is 4.46. The standard InChI is InChI=1S/C11H17NOS.ClH/c1-2-14-10-5-3-9(4-6-10)11(12)7-8-13;/h3-6,11,13H,2,7-8,12H2,1H3;1H/t11-;/m0./s1. The zero-order chi connectivity index (χ0) is 10.4. The normalized spacial score (nSPS) is 11.9. The summed E-state index contributed by atoms with van der Waals surface area (Å²) >= 11 is 1.82. The Labute approximate surface area is 102 Å². The summed E-state index contributed by atoms with van der Waals surface area (Å²) in [7, 11) is 0. The molecule has 0 amide bonds. The summed E-state index contributed by atoms with van der Waals surface area (Å²) in [6.07, 6.45) is 0.625. The Kier molecular flexibility index (Phi) is 7.88. The fraction of sp³-hybridized carbons (Fsp3) is 0.455. The fourth-order valence-electron chi connectivity index (χ4n) is 1.28. The molecule has 1 rings (SSSR count). The Morgan fingerprint density at radius 3 is 2.40 bits per heavy atom. The van der Waals surface area contributed by atoms with Crippen LogP contribution in [0.1, 0.15) is 24.9 Å². The van der Waals surface area contributed by atoms with E-state index in [2.05, 4.69) is 19.1 Å². The maximum absolute atomic E-state index is 8.75. The molecule has 1 aromatic rings. The molecule has 15 heavy (non-hydrogen) atoms. The van der Waals surface area contributed by atoms with Crippen LogP contribution in [0.2, 0.25) is 0 Å². The molecule has 1 atom stereocenters. The third kappa shape index (κ3) is 4.89. The quantitative estimate of drug-likeness (QED) is 0.787. The Balaban J connectivity index is 0.00000196. The number of nitrogens with two attached hydrogens (primary N) is 1. The molecule has 0 aliphatic rings. The van der Waals surface area contributed by atoms with Gasteiger partial charge in [-0.25, -0.2) is 0 Å². The number of benzene rings is 1. The highest BCUT2D eigenvalue weighted by Gasteiger charge is 2.04. The number of thioether (sulfide) groups is 1. The zero-order valence-electron chi connectivity index (χ0n) is 8.85. The highest BCUT2D eigenvalue weighted by Crippen LogP contribution is 2.20. The van der Waals surface area contributed by atoms with E-state index >= 15 is 0 Å². The van der Waals surface area contributed by atoms with Gasteiger partial charge in [-0.1, -0.05) is 19.1 Å². The van der Waals surface area contributed by atoms with Gasteiger partial charge in [0, 0.05) is 17.5 Å². The number of hydrogen-bond acceptors (Lipinski definition) is 3.